The lowest BCUT2D eigenvalue weighted by Crippen LogP contribution is -2.15. The van der Waals surface area contributed by atoms with E-state index in [4.69, 9.17) is 11.6 Å². The molecule has 0 unspecified atom stereocenters. The van der Waals surface area contributed by atoms with Gasteiger partial charge in [0, 0.05) is 4.90 Å². The zero-order valence-corrected chi connectivity index (χ0v) is 7.71. The molecule has 0 radical (unpaired) electrons. The highest BCUT2D eigenvalue weighted by molar-refractivity contribution is 8.14. The maximum Gasteiger partial charge on any atom is 0.212 e. The molecule has 1 aromatic carbocycles. The summed E-state index contributed by atoms with van der Waals surface area (Å²) < 4.78 is 0. The molecule has 1 aliphatic rings. The number of hydrogen-bond donors (Lipinski definition) is 1. The number of benzene rings is 1. The van der Waals surface area contributed by atoms with Crippen LogP contribution in [0.15, 0.2) is 23.1 Å². The Morgan fingerprint density at radius 1 is 1.50 bits per heavy atom. The molecule has 0 aliphatic carbocycles. The normalized spacial score (nSPS) is 15.2. The Kier molecular flexibility index (Phi) is 1.98. The van der Waals surface area contributed by atoms with E-state index in [-0.39, 0.29) is 5.12 Å². The van der Waals surface area contributed by atoms with Gasteiger partial charge in [0.15, 0.2) is 0 Å². The van der Waals surface area contributed by atoms with Gasteiger partial charge in [0.05, 0.1) is 17.3 Å². The monoisotopic (exact) mass is 199 g/mol. The number of carbonyl (C=O) groups excluding carboxylic acids is 1. The van der Waals surface area contributed by atoms with Crippen molar-refractivity contribution in [3.05, 3.63) is 23.2 Å². The SMILES string of the molecule is O=C1CNc2c(Cl)cccc2S1. The van der Waals surface area contributed by atoms with Gasteiger partial charge in [-0.3, -0.25) is 4.79 Å². The Bertz CT molecular complexity index is 340. The molecule has 2 rings (SSSR count). The van der Waals surface area contributed by atoms with Gasteiger partial charge in [-0.1, -0.05) is 17.7 Å². The number of thioether (sulfide) groups is 1. The van der Waals surface area contributed by atoms with Gasteiger partial charge in [0.2, 0.25) is 5.12 Å². The molecule has 12 heavy (non-hydrogen) atoms. The van der Waals surface area contributed by atoms with Crippen molar-refractivity contribution in [2.75, 3.05) is 11.9 Å². The molecule has 0 amide bonds. The van der Waals surface area contributed by atoms with Crippen molar-refractivity contribution in [3.8, 4) is 0 Å². The highest BCUT2D eigenvalue weighted by atomic mass is 35.5. The van der Waals surface area contributed by atoms with Crippen LogP contribution in [-0.2, 0) is 4.79 Å². The van der Waals surface area contributed by atoms with Gasteiger partial charge in [0.1, 0.15) is 0 Å². The minimum Gasteiger partial charge on any atom is -0.375 e. The topological polar surface area (TPSA) is 29.1 Å². The Morgan fingerprint density at radius 2 is 2.33 bits per heavy atom. The fourth-order valence-corrected chi connectivity index (χ4v) is 2.20. The van der Waals surface area contributed by atoms with Crippen molar-refractivity contribution < 1.29 is 4.79 Å². The van der Waals surface area contributed by atoms with E-state index < -0.39 is 0 Å². The first-order chi connectivity index (χ1) is 5.77. The summed E-state index contributed by atoms with van der Waals surface area (Å²) in [4.78, 5) is 11.9. The summed E-state index contributed by atoms with van der Waals surface area (Å²) in [6.45, 7) is 0.363. The molecule has 1 aliphatic heterocycles. The van der Waals surface area contributed by atoms with E-state index in [1.807, 2.05) is 18.2 Å². The third-order valence-electron chi connectivity index (χ3n) is 1.61. The lowest BCUT2D eigenvalue weighted by atomic mass is 10.3. The lowest BCUT2D eigenvalue weighted by molar-refractivity contribution is -0.109. The van der Waals surface area contributed by atoms with Crippen LogP contribution in [0.4, 0.5) is 5.69 Å². The minimum atomic E-state index is 0.129. The van der Waals surface area contributed by atoms with Crippen molar-refractivity contribution >= 4 is 34.2 Å². The molecule has 0 saturated carbocycles. The highest BCUT2D eigenvalue weighted by Gasteiger charge is 2.17. The van der Waals surface area contributed by atoms with Gasteiger partial charge in [-0.25, -0.2) is 0 Å². The number of nitrogens with one attached hydrogen (secondary N) is 1. The minimum absolute atomic E-state index is 0.129. The van der Waals surface area contributed by atoms with Gasteiger partial charge >= 0.3 is 0 Å². The van der Waals surface area contributed by atoms with Gasteiger partial charge in [-0.15, -0.1) is 0 Å². The van der Waals surface area contributed by atoms with E-state index in [1.165, 1.54) is 11.8 Å². The first kappa shape index (κ1) is 7.95. The zero-order valence-electron chi connectivity index (χ0n) is 6.13. The number of para-hydroxylation sites is 1. The number of rotatable bonds is 0. The smallest absolute Gasteiger partial charge is 0.212 e. The van der Waals surface area contributed by atoms with Crippen molar-refractivity contribution in [3.63, 3.8) is 0 Å². The van der Waals surface area contributed by atoms with Crippen LogP contribution in [0.5, 0.6) is 0 Å². The fourth-order valence-electron chi connectivity index (χ4n) is 1.08. The Balaban J connectivity index is 2.48. The van der Waals surface area contributed by atoms with Crippen LogP contribution in [0.3, 0.4) is 0 Å². The second-order valence-corrected chi connectivity index (χ2v) is 3.95. The van der Waals surface area contributed by atoms with Crippen molar-refractivity contribution in [2.24, 2.45) is 0 Å². The molecule has 0 bridgehead atoms. The fraction of sp³-hybridized carbons (Fsp3) is 0.125. The van der Waals surface area contributed by atoms with E-state index in [1.54, 1.807) is 0 Å². The summed E-state index contributed by atoms with van der Waals surface area (Å²) in [5.41, 5.74) is 0.878. The predicted octanol–water partition coefficient (Wildman–Crippen LogP) is 2.38. The molecule has 0 saturated heterocycles. The summed E-state index contributed by atoms with van der Waals surface area (Å²) in [5, 5.41) is 3.78. The largest absolute Gasteiger partial charge is 0.375 e. The average molecular weight is 200 g/mol. The standard InChI is InChI=1S/C8H6ClNOS/c9-5-2-1-3-6-8(5)10-4-7(11)12-6/h1-3,10H,4H2. The molecule has 0 fully saturated rings. The molecule has 1 heterocycles. The van der Waals surface area contributed by atoms with E-state index in [2.05, 4.69) is 5.32 Å². The maximum absolute atomic E-state index is 11.0. The molecule has 2 nitrogen and oxygen atoms in total. The van der Waals surface area contributed by atoms with E-state index in [0.29, 0.717) is 11.6 Å². The van der Waals surface area contributed by atoms with Gasteiger partial charge in [-0.2, -0.15) is 0 Å². The number of anilines is 1. The first-order valence-corrected chi connectivity index (χ1v) is 4.70. The summed E-state index contributed by atoms with van der Waals surface area (Å²) in [5.74, 6) is 0. The van der Waals surface area contributed by atoms with Crippen LogP contribution in [0.25, 0.3) is 0 Å². The number of carbonyl (C=O) groups is 1. The zero-order chi connectivity index (χ0) is 8.55. The third-order valence-corrected chi connectivity index (χ3v) is 2.86. The van der Waals surface area contributed by atoms with E-state index in [0.717, 1.165) is 10.6 Å². The van der Waals surface area contributed by atoms with E-state index >= 15 is 0 Å². The van der Waals surface area contributed by atoms with Crippen LogP contribution >= 0.6 is 23.4 Å². The third kappa shape index (κ3) is 1.30. The number of fused-ring (bicyclic) bond motifs is 1. The molecule has 0 spiro atoms. The second-order valence-electron chi connectivity index (χ2n) is 2.44. The predicted molar refractivity (Wildman–Crippen MR) is 50.8 cm³/mol. The van der Waals surface area contributed by atoms with Crippen LogP contribution in [0.1, 0.15) is 0 Å². The molecule has 1 aromatic rings. The highest BCUT2D eigenvalue weighted by Crippen LogP contribution is 2.36. The van der Waals surface area contributed by atoms with Crippen molar-refractivity contribution in [1.29, 1.82) is 0 Å². The van der Waals surface area contributed by atoms with Crippen molar-refractivity contribution in [1.82, 2.24) is 0 Å². The molecule has 0 aromatic heterocycles. The maximum atomic E-state index is 11.0. The molecular formula is C8H6ClNOS. The van der Waals surface area contributed by atoms with Gasteiger partial charge in [-0.05, 0) is 23.9 Å². The van der Waals surface area contributed by atoms with Crippen LogP contribution in [0.2, 0.25) is 5.02 Å². The van der Waals surface area contributed by atoms with Gasteiger partial charge in [0.25, 0.3) is 0 Å². The molecule has 62 valence electrons. The first-order valence-electron chi connectivity index (χ1n) is 3.50. The van der Waals surface area contributed by atoms with Gasteiger partial charge < -0.3 is 5.32 Å². The Morgan fingerprint density at radius 3 is 3.17 bits per heavy atom. The molecule has 1 N–H and O–H groups in total. The quantitative estimate of drug-likeness (QED) is 0.696. The summed E-state index contributed by atoms with van der Waals surface area (Å²) in [6.07, 6.45) is 0. The molecule has 4 heteroatoms. The lowest BCUT2D eigenvalue weighted by Gasteiger charge is -2.16. The average Bonchev–Trinajstić information content (AvgIpc) is 2.04. The number of hydrogen-bond acceptors (Lipinski definition) is 3. The number of halogens is 1. The molecule has 0 atom stereocenters. The van der Waals surface area contributed by atoms with Crippen LogP contribution in [-0.4, -0.2) is 11.7 Å². The summed E-state index contributed by atoms with van der Waals surface area (Å²) in [7, 11) is 0. The summed E-state index contributed by atoms with van der Waals surface area (Å²) >= 11 is 7.14. The molecular weight excluding hydrogens is 194 g/mol. The summed E-state index contributed by atoms with van der Waals surface area (Å²) in [6, 6.07) is 5.54. The van der Waals surface area contributed by atoms with E-state index in [9.17, 15) is 4.79 Å². The Labute approximate surface area is 79.3 Å². The van der Waals surface area contributed by atoms with Crippen molar-refractivity contribution in [2.45, 2.75) is 4.90 Å². The van der Waals surface area contributed by atoms with Crippen LogP contribution in [0, 0.1) is 0 Å². The second kappa shape index (κ2) is 2.99. The Hall–Kier alpha value is -0.670. The van der Waals surface area contributed by atoms with Crippen LogP contribution < -0.4 is 5.32 Å².